The molecule has 2 amide bonds. The van der Waals surface area contributed by atoms with Crippen LogP contribution in [0.15, 0.2) is 84.9 Å². The molecule has 61 heavy (non-hydrogen) atoms. The fraction of sp³-hybridized carbons (Fsp3) is 0.348. The molecule has 4 aromatic rings. The van der Waals surface area contributed by atoms with Crippen LogP contribution in [-0.2, 0) is 14.0 Å². The summed E-state index contributed by atoms with van der Waals surface area (Å²) < 4.78 is 6.51. The Hall–Kier alpha value is -5.54. The molecule has 15 heteroatoms. The minimum atomic E-state index is -2.19. The Kier molecular flexibility index (Phi) is 18.2. The molecule has 0 aliphatic heterocycles. The zero-order chi connectivity index (χ0) is 45.7. The second kappa shape index (κ2) is 22.3. The van der Waals surface area contributed by atoms with E-state index in [1.54, 1.807) is 86.6 Å². The predicted molar refractivity (Wildman–Crippen MR) is 244 cm³/mol. The van der Waals surface area contributed by atoms with Crippen molar-refractivity contribution in [1.82, 2.24) is 10.6 Å². The molecule has 0 unspecified atom stereocenters. The van der Waals surface area contributed by atoms with Gasteiger partial charge in [0.25, 0.3) is 0 Å². The van der Waals surface area contributed by atoms with Crippen molar-refractivity contribution >= 4 is 66.3 Å². The number of aliphatic hydroxyl groups is 1. The van der Waals surface area contributed by atoms with Gasteiger partial charge in [0.05, 0.1) is 46.5 Å². The maximum atomic E-state index is 13.3. The third kappa shape index (κ3) is 13.7. The van der Waals surface area contributed by atoms with E-state index in [0.717, 1.165) is 0 Å². The number of nitriles is 2. The Labute approximate surface area is 369 Å². The molecule has 322 valence electrons. The molecule has 12 nitrogen and oxygen atoms in total. The van der Waals surface area contributed by atoms with Crippen molar-refractivity contribution in [2.24, 2.45) is 0 Å². The van der Waals surface area contributed by atoms with Gasteiger partial charge < -0.3 is 30.8 Å². The van der Waals surface area contributed by atoms with E-state index in [1.165, 1.54) is 13.0 Å². The lowest BCUT2D eigenvalue weighted by molar-refractivity contribution is -0.124. The van der Waals surface area contributed by atoms with Crippen LogP contribution < -0.4 is 21.3 Å². The van der Waals surface area contributed by atoms with Crippen molar-refractivity contribution in [3.05, 3.63) is 128 Å². The number of ketones is 2. The molecule has 0 saturated heterocycles. The van der Waals surface area contributed by atoms with Crippen LogP contribution in [0.3, 0.4) is 0 Å². The molecule has 0 heterocycles. The van der Waals surface area contributed by atoms with E-state index < -0.39 is 38.5 Å². The van der Waals surface area contributed by atoms with Crippen molar-refractivity contribution in [3.8, 4) is 12.1 Å². The first-order valence-electron chi connectivity index (χ1n) is 19.6. The Morgan fingerprint density at radius 3 is 1.43 bits per heavy atom. The third-order valence-electron chi connectivity index (χ3n) is 10.5. The highest BCUT2D eigenvalue weighted by molar-refractivity contribution is 6.74. The number of hydrogen-bond acceptors (Lipinski definition) is 10. The summed E-state index contributed by atoms with van der Waals surface area (Å²) >= 11 is 12.5. The maximum Gasteiger partial charge on any atom is 0.245 e. The molecule has 4 atom stereocenters. The lowest BCUT2D eigenvalue weighted by atomic mass is 10.1. The Bertz CT molecular complexity index is 2270. The number of anilines is 2. The summed E-state index contributed by atoms with van der Waals surface area (Å²) in [7, 11) is -2.19. The molecule has 0 aliphatic carbocycles. The molecule has 0 fully saturated rings. The van der Waals surface area contributed by atoms with Gasteiger partial charge in [0, 0.05) is 22.5 Å². The number of carbonyl (C=O) groups excluding carboxylic acids is 4. The molecule has 0 radical (unpaired) electrons. The molecule has 0 saturated carbocycles. The van der Waals surface area contributed by atoms with E-state index in [0.29, 0.717) is 49.8 Å². The van der Waals surface area contributed by atoms with Gasteiger partial charge in [-0.25, -0.2) is 0 Å². The van der Waals surface area contributed by atoms with Gasteiger partial charge in [0.15, 0.2) is 19.9 Å². The number of carbonyl (C=O) groups is 4. The number of aliphatic hydroxyl groups excluding tert-OH is 1. The lowest BCUT2D eigenvalue weighted by Gasteiger charge is -2.40. The van der Waals surface area contributed by atoms with Crippen molar-refractivity contribution in [2.75, 3.05) is 23.7 Å². The van der Waals surface area contributed by atoms with Gasteiger partial charge in [0.2, 0.25) is 11.8 Å². The van der Waals surface area contributed by atoms with Crippen LogP contribution in [0.2, 0.25) is 28.2 Å². The number of rotatable bonds is 16. The van der Waals surface area contributed by atoms with Crippen molar-refractivity contribution in [1.29, 1.82) is 10.5 Å². The highest BCUT2D eigenvalue weighted by atomic mass is 35.5. The van der Waals surface area contributed by atoms with Gasteiger partial charge in [-0.1, -0.05) is 105 Å². The number of amides is 2. The Morgan fingerprint density at radius 1 is 0.689 bits per heavy atom. The molecule has 4 aromatic carbocycles. The van der Waals surface area contributed by atoms with E-state index in [4.69, 9.17) is 32.9 Å². The summed E-state index contributed by atoms with van der Waals surface area (Å²) in [5.41, 5.74) is 4.13. The minimum absolute atomic E-state index is 0.0424. The van der Waals surface area contributed by atoms with Gasteiger partial charge in [-0.15, -0.1) is 0 Å². The molecule has 0 aliphatic rings. The smallest absolute Gasteiger partial charge is 0.245 e. The van der Waals surface area contributed by atoms with Crippen LogP contribution >= 0.6 is 23.2 Å². The summed E-state index contributed by atoms with van der Waals surface area (Å²) in [4.78, 5) is 50.4. The first-order chi connectivity index (χ1) is 28.6. The molecular formula is C46H54Cl2N6O6Si. The summed E-state index contributed by atoms with van der Waals surface area (Å²) in [5.74, 6) is -1.28. The zero-order valence-electron chi connectivity index (χ0n) is 35.9. The second-order valence-electron chi connectivity index (χ2n) is 16.0. The largest absolute Gasteiger partial charge is 0.412 e. The average molecular weight is 886 g/mol. The second-order valence-corrected chi connectivity index (χ2v) is 21.5. The lowest BCUT2D eigenvalue weighted by Crippen LogP contribution is -2.53. The molecule has 0 spiro atoms. The zero-order valence-corrected chi connectivity index (χ0v) is 38.5. The first-order valence-corrected chi connectivity index (χ1v) is 23.3. The average Bonchev–Trinajstić information content (AvgIpc) is 3.22. The number of benzene rings is 4. The van der Waals surface area contributed by atoms with Gasteiger partial charge in [-0.3, -0.25) is 19.2 Å². The highest BCUT2D eigenvalue weighted by Crippen LogP contribution is 2.38. The quantitative estimate of drug-likeness (QED) is 0.0539. The first kappa shape index (κ1) is 49.8. The van der Waals surface area contributed by atoms with Crippen LogP contribution in [0.4, 0.5) is 11.4 Å². The summed E-state index contributed by atoms with van der Waals surface area (Å²) in [5, 5.41) is 40.3. The summed E-state index contributed by atoms with van der Waals surface area (Å²) in [6, 6.07) is 26.2. The Balaban J connectivity index is 0.000000334. The molecule has 0 aromatic heterocycles. The van der Waals surface area contributed by atoms with Crippen LogP contribution in [0.5, 0.6) is 0 Å². The van der Waals surface area contributed by atoms with Crippen LogP contribution in [0.25, 0.3) is 0 Å². The predicted octanol–water partition coefficient (Wildman–Crippen LogP) is 8.39. The molecule has 4 rings (SSSR count). The van der Waals surface area contributed by atoms with Gasteiger partial charge in [-0.05, 0) is 81.2 Å². The van der Waals surface area contributed by atoms with E-state index in [-0.39, 0.29) is 40.6 Å². The van der Waals surface area contributed by atoms with Crippen LogP contribution in [0.1, 0.15) is 77.6 Å². The summed E-state index contributed by atoms with van der Waals surface area (Å²) in [6.45, 7) is 17.2. The van der Waals surface area contributed by atoms with Crippen molar-refractivity contribution in [3.63, 3.8) is 0 Å². The number of hydrogen-bond donors (Lipinski definition) is 5. The minimum Gasteiger partial charge on any atom is -0.412 e. The van der Waals surface area contributed by atoms with E-state index in [2.05, 4.69) is 61.2 Å². The van der Waals surface area contributed by atoms with E-state index in [1.807, 2.05) is 19.1 Å². The Morgan fingerprint density at radius 2 is 1.07 bits per heavy atom. The monoisotopic (exact) mass is 884 g/mol. The molecular weight excluding hydrogens is 832 g/mol. The SMILES string of the molecule is Cc1c(N[C@@H](C(=O)NCC(=O)c2ccccc2)[C@H](C)O)ccc(C#N)c1Cl.Cc1c(N[C@@H](C(=O)NCC(=O)c2ccccc2)[C@H](C)O[Si](C)(C)C(C)(C)C)ccc(C#N)c1Cl. The topological polar surface area (TPSA) is 193 Å². The van der Waals surface area contributed by atoms with E-state index in [9.17, 15) is 29.5 Å². The number of Topliss-reactive ketones (excluding diaryl/α,β-unsaturated/α-hetero) is 2. The molecule has 5 N–H and O–H groups in total. The van der Waals surface area contributed by atoms with Crippen LogP contribution in [-0.4, -0.2) is 74.2 Å². The van der Waals surface area contributed by atoms with Crippen LogP contribution in [0, 0.1) is 36.5 Å². The third-order valence-corrected chi connectivity index (χ3v) is 16.0. The molecule has 0 bridgehead atoms. The number of nitrogens with one attached hydrogen (secondary N) is 4. The standard InChI is InChI=1S/C26H34ClN3O3Si.C20H20ClN3O3/c1-17-21(14-13-20(15-28)23(17)27)30-24(18(2)33-34(6,7)26(3,4)5)25(32)29-16-22(31)19-11-9-8-10-12-19;1-12-16(9-8-15(10-22)18(12)21)24-19(13(2)25)20(27)23-11-17(26)14-6-4-3-5-7-14/h8-14,18,24,30H,16H2,1-7H3,(H,29,32);3-9,13,19,24-25H,11H2,1-2H3,(H,23,27)/t18-,24+;13-,19+/m00/s1. The fourth-order valence-electron chi connectivity index (χ4n) is 5.71. The number of halogens is 2. The summed E-state index contributed by atoms with van der Waals surface area (Å²) in [6.07, 6.45) is -1.51. The fourth-order valence-corrected chi connectivity index (χ4v) is 7.54. The van der Waals surface area contributed by atoms with Gasteiger partial charge in [-0.2, -0.15) is 10.5 Å². The van der Waals surface area contributed by atoms with Gasteiger partial charge >= 0.3 is 0 Å². The van der Waals surface area contributed by atoms with E-state index >= 15 is 0 Å². The van der Waals surface area contributed by atoms with Gasteiger partial charge in [0.1, 0.15) is 24.2 Å². The van der Waals surface area contributed by atoms with Crippen molar-refractivity contribution in [2.45, 2.75) is 90.9 Å². The highest BCUT2D eigenvalue weighted by Gasteiger charge is 2.41. The normalized spacial score (nSPS) is 13.1. The number of nitrogens with zero attached hydrogens (tertiary/aromatic N) is 2. The van der Waals surface area contributed by atoms with Crippen molar-refractivity contribution < 1.29 is 28.7 Å². The maximum absolute atomic E-state index is 13.3.